The molecule has 12 nitrogen and oxygen atoms in total. The maximum Gasteiger partial charge on any atom is 0.379 e. The van der Waals surface area contributed by atoms with Crippen LogP contribution in [-0.2, 0) is 39.8 Å². The molecule has 0 atom stereocenters. The maximum absolute atomic E-state index is 10.9. The molecule has 1 amide bonds. The van der Waals surface area contributed by atoms with Crippen molar-refractivity contribution in [2.75, 3.05) is 0 Å². The Morgan fingerprint density at radius 3 is 2.06 bits per heavy atom. The van der Waals surface area contributed by atoms with E-state index < -0.39 is 36.6 Å². The van der Waals surface area contributed by atoms with Gasteiger partial charge in [0.2, 0.25) is 0 Å². The van der Waals surface area contributed by atoms with Gasteiger partial charge in [0.05, 0.1) is 0 Å². The zero-order valence-corrected chi connectivity index (χ0v) is 10.8. The van der Waals surface area contributed by atoms with Crippen LogP contribution in [0.15, 0.2) is 12.7 Å². The Balaban J connectivity index is 4.68. The predicted octanol–water partition coefficient (Wildman–Crippen LogP) is -3.91. The van der Waals surface area contributed by atoms with Gasteiger partial charge in [0.1, 0.15) is 0 Å². The van der Waals surface area contributed by atoms with Crippen molar-refractivity contribution in [2.45, 2.75) is 0 Å². The van der Waals surface area contributed by atoms with Gasteiger partial charge < -0.3 is 0 Å². The van der Waals surface area contributed by atoms with E-state index in [0.29, 0.717) is 6.08 Å². The summed E-state index contributed by atoms with van der Waals surface area (Å²) in [4.78, 5) is 11.4. The summed E-state index contributed by atoms with van der Waals surface area (Å²) >= 11 is 0. The number of carbonyl (C=O) groups is 1. The number of hydrogen-bond acceptors (Lipinski definition) is 8. The van der Waals surface area contributed by atoms with E-state index in [1.165, 1.54) is 4.72 Å². The van der Waals surface area contributed by atoms with Crippen LogP contribution in [0.5, 0.6) is 0 Å². The summed E-state index contributed by atoms with van der Waals surface area (Å²) in [5.74, 6) is -1.20. The fourth-order valence-corrected chi connectivity index (χ4v) is 2.89. The SMILES string of the molecule is C=CC(=O)NS(=O)(=O)ONS(=O)(=O)NS(N)(=O)=O. The van der Waals surface area contributed by atoms with Gasteiger partial charge in [-0.25, -0.2) is 9.86 Å². The molecule has 0 radical (unpaired) electrons. The Bertz CT molecular complexity index is 629. The molecule has 0 spiro atoms. The monoisotopic (exact) mass is 324 g/mol. The highest BCUT2D eigenvalue weighted by molar-refractivity contribution is 8.02. The van der Waals surface area contributed by atoms with Crippen molar-refractivity contribution in [3.63, 3.8) is 0 Å². The van der Waals surface area contributed by atoms with E-state index in [4.69, 9.17) is 0 Å². The lowest BCUT2D eigenvalue weighted by Crippen LogP contribution is -2.45. The second-order valence-electron chi connectivity index (χ2n) is 2.42. The average molecular weight is 324 g/mol. The molecule has 0 saturated carbocycles. The molecule has 0 unspecified atom stereocenters. The predicted molar refractivity (Wildman–Crippen MR) is 56.6 cm³/mol. The first-order valence-electron chi connectivity index (χ1n) is 3.57. The van der Waals surface area contributed by atoms with Crippen LogP contribution >= 0.6 is 0 Å². The lowest BCUT2D eigenvalue weighted by Gasteiger charge is -2.07. The normalized spacial score (nSPS) is 12.9. The molecule has 0 aromatic carbocycles. The highest BCUT2D eigenvalue weighted by Gasteiger charge is 2.22. The first kappa shape index (κ1) is 16.9. The van der Waals surface area contributed by atoms with Crippen molar-refractivity contribution in [1.82, 2.24) is 13.7 Å². The highest BCUT2D eigenvalue weighted by atomic mass is 32.3. The maximum atomic E-state index is 10.9. The lowest BCUT2D eigenvalue weighted by atomic mass is 10.6. The number of amides is 1. The Hall–Kier alpha value is -1.10. The fourth-order valence-electron chi connectivity index (χ4n) is 0.445. The molecule has 0 aliphatic heterocycles. The molecule has 0 aliphatic carbocycles. The third-order valence-corrected chi connectivity index (χ3v) is 3.86. The minimum Gasteiger partial charge on any atom is -0.269 e. The summed E-state index contributed by atoms with van der Waals surface area (Å²) in [6, 6.07) is 0. The summed E-state index contributed by atoms with van der Waals surface area (Å²) in [6.45, 7) is 2.92. The molecule has 15 heteroatoms. The standard InChI is InChI=1S/C3H8N4O8S3/c1-2-3(8)5-18(13,14)15-6-17(11,12)7-16(4,9)10/h2,6-7H,1H2,(H,5,8)(H2,4,9,10). The Morgan fingerprint density at radius 1 is 1.17 bits per heavy atom. The Labute approximate surface area is 103 Å². The van der Waals surface area contributed by atoms with Gasteiger partial charge in [-0.05, 0) is 6.08 Å². The smallest absolute Gasteiger partial charge is 0.269 e. The zero-order chi connectivity index (χ0) is 14.6. The summed E-state index contributed by atoms with van der Waals surface area (Å²) in [6.07, 6.45) is 0.567. The first-order chi connectivity index (χ1) is 7.87. The number of rotatable bonds is 7. The van der Waals surface area contributed by atoms with Gasteiger partial charge in [0, 0.05) is 0 Å². The fraction of sp³-hybridized carbons (Fsp3) is 0. The molecule has 0 bridgehead atoms. The topological polar surface area (TPSA) is 191 Å². The van der Waals surface area contributed by atoms with E-state index in [2.05, 4.69) is 16.0 Å². The second kappa shape index (κ2) is 5.69. The summed E-state index contributed by atoms with van der Waals surface area (Å²) in [5, 5.41) is 4.32. The minimum atomic E-state index is -4.91. The van der Waals surface area contributed by atoms with Gasteiger partial charge >= 0.3 is 20.5 Å². The molecule has 5 N–H and O–H groups in total. The summed E-state index contributed by atoms with van der Waals surface area (Å²) in [5.41, 5.74) is 0. The largest absolute Gasteiger partial charge is 0.379 e. The molecule has 0 aliphatic rings. The molecule has 0 aromatic rings. The van der Waals surface area contributed by atoms with Crippen molar-refractivity contribution in [1.29, 1.82) is 0 Å². The molecule has 0 rings (SSSR count). The van der Waals surface area contributed by atoms with Crippen molar-refractivity contribution in [2.24, 2.45) is 5.14 Å². The van der Waals surface area contributed by atoms with Crippen LogP contribution in [0.4, 0.5) is 0 Å². The van der Waals surface area contributed by atoms with Gasteiger partial charge in [-0.2, -0.15) is 25.3 Å². The molecular weight excluding hydrogens is 316 g/mol. The minimum absolute atomic E-state index is 0.567. The average Bonchev–Trinajstić information content (AvgIpc) is 2.11. The van der Waals surface area contributed by atoms with E-state index in [1.807, 2.05) is 0 Å². The van der Waals surface area contributed by atoms with Crippen molar-refractivity contribution in [3.8, 4) is 0 Å². The van der Waals surface area contributed by atoms with Gasteiger partial charge in [-0.3, -0.25) is 4.79 Å². The van der Waals surface area contributed by atoms with Crippen LogP contribution in [-0.4, -0.2) is 31.2 Å². The number of nitrogens with one attached hydrogen (secondary N) is 3. The van der Waals surface area contributed by atoms with Gasteiger partial charge in [0.15, 0.2) is 0 Å². The summed E-state index contributed by atoms with van der Waals surface area (Å²) < 4.78 is 69.8. The van der Waals surface area contributed by atoms with E-state index in [0.717, 1.165) is 9.01 Å². The van der Waals surface area contributed by atoms with Crippen LogP contribution in [0, 0.1) is 0 Å². The first-order valence-corrected chi connectivity index (χ1v) is 8.01. The van der Waals surface area contributed by atoms with Crippen LogP contribution in [0.2, 0.25) is 0 Å². The van der Waals surface area contributed by atoms with Crippen molar-refractivity contribution < 1.29 is 34.3 Å². The molecule has 18 heavy (non-hydrogen) atoms. The molecule has 0 heterocycles. The molecule has 0 aromatic heterocycles. The van der Waals surface area contributed by atoms with Crippen LogP contribution in [0.3, 0.4) is 0 Å². The third kappa shape index (κ3) is 8.06. The number of nitrogens with two attached hydrogens (primary N) is 1. The van der Waals surface area contributed by atoms with E-state index in [1.54, 1.807) is 0 Å². The van der Waals surface area contributed by atoms with E-state index in [9.17, 15) is 30.0 Å². The van der Waals surface area contributed by atoms with Crippen molar-refractivity contribution in [3.05, 3.63) is 12.7 Å². The number of carbonyl (C=O) groups excluding carboxylic acids is 1. The van der Waals surface area contributed by atoms with Crippen LogP contribution < -0.4 is 18.9 Å². The van der Waals surface area contributed by atoms with Gasteiger partial charge in [0.25, 0.3) is 16.1 Å². The van der Waals surface area contributed by atoms with Crippen LogP contribution in [0.1, 0.15) is 0 Å². The van der Waals surface area contributed by atoms with Gasteiger partial charge in [-0.1, -0.05) is 15.6 Å². The zero-order valence-electron chi connectivity index (χ0n) is 8.35. The highest BCUT2D eigenvalue weighted by Crippen LogP contribution is 1.88. The quantitative estimate of drug-likeness (QED) is 0.269. The van der Waals surface area contributed by atoms with Crippen molar-refractivity contribution >= 4 is 36.6 Å². The third-order valence-electron chi connectivity index (χ3n) is 0.890. The van der Waals surface area contributed by atoms with Crippen LogP contribution in [0.25, 0.3) is 0 Å². The van der Waals surface area contributed by atoms with E-state index in [-0.39, 0.29) is 0 Å². The Kier molecular flexibility index (Phi) is 5.35. The molecular formula is C3H8N4O8S3. The van der Waals surface area contributed by atoms with Gasteiger partial charge in [-0.15, -0.1) is 4.28 Å². The second-order valence-corrected chi connectivity index (χ2v) is 6.63. The molecule has 0 fully saturated rings. The number of hydrogen-bond donors (Lipinski definition) is 4. The lowest BCUT2D eigenvalue weighted by molar-refractivity contribution is -0.115. The molecule has 106 valence electrons. The summed E-state index contributed by atoms with van der Waals surface area (Å²) in [7, 11) is -14.4. The van der Waals surface area contributed by atoms with E-state index >= 15 is 0 Å². The Morgan fingerprint density at radius 2 is 1.67 bits per heavy atom. The molecule has 0 saturated heterocycles.